The van der Waals surface area contributed by atoms with Crippen molar-refractivity contribution in [2.24, 2.45) is 0 Å². The molecule has 0 atom stereocenters. The molecule has 0 aliphatic heterocycles. The van der Waals surface area contributed by atoms with Crippen molar-refractivity contribution in [3.05, 3.63) is 129 Å². The highest BCUT2D eigenvalue weighted by molar-refractivity contribution is 5.50. The minimum atomic E-state index is -4.41. The van der Waals surface area contributed by atoms with Crippen molar-refractivity contribution in [1.82, 2.24) is 0 Å². The van der Waals surface area contributed by atoms with E-state index in [1.54, 1.807) is 0 Å². The molecule has 226 valence electrons. The Kier molecular flexibility index (Phi) is 9.80. The molecule has 0 saturated heterocycles. The number of hydrogen-bond donors (Lipinski definition) is 0. The van der Waals surface area contributed by atoms with E-state index in [1.165, 1.54) is 12.1 Å². The monoisotopic (exact) mass is 618 g/mol. The van der Waals surface area contributed by atoms with Crippen molar-refractivity contribution in [3.8, 4) is 35.2 Å². The average Bonchev–Trinajstić information content (AvgIpc) is 2.95. The van der Waals surface area contributed by atoms with E-state index in [1.807, 2.05) is 6.92 Å². The predicted octanol–water partition coefficient (Wildman–Crippen LogP) is 8.77. The van der Waals surface area contributed by atoms with Gasteiger partial charge in [0.05, 0.1) is 17.7 Å². The first-order chi connectivity index (χ1) is 20.9. The summed E-state index contributed by atoms with van der Waals surface area (Å²) in [6, 6.07) is 8.01. The molecule has 0 saturated carbocycles. The van der Waals surface area contributed by atoms with Crippen LogP contribution in [-0.2, 0) is 6.11 Å². The second-order valence-corrected chi connectivity index (χ2v) is 9.17. The first-order valence-electron chi connectivity index (χ1n) is 12.8. The summed E-state index contributed by atoms with van der Waals surface area (Å²) < 4.78 is 136. The molecule has 0 unspecified atom stereocenters. The Balaban J connectivity index is 1.49. The molecule has 0 N–H and O–H groups in total. The van der Waals surface area contributed by atoms with Crippen molar-refractivity contribution in [1.29, 1.82) is 0 Å². The molecule has 0 aromatic heterocycles. The highest BCUT2D eigenvalue weighted by Crippen LogP contribution is 2.34. The Bertz CT molecular complexity index is 1780. The molecule has 11 heteroatoms. The molecular weight excluding hydrogens is 599 g/mol. The smallest absolute Gasteiger partial charge is 0.429 e. The average molecular weight is 618 g/mol. The highest BCUT2D eigenvalue weighted by Gasteiger charge is 2.38. The van der Waals surface area contributed by atoms with E-state index in [9.17, 15) is 39.5 Å². The van der Waals surface area contributed by atoms with E-state index in [2.05, 4.69) is 28.4 Å². The Morgan fingerprint density at radius 2 is 1.18 bits per heavy atom. The molecule has 4 aromatic rings. The van der Waals surface area contributed by atoms with Crippen LogP contribution in [-0.4, -0.2) is 6.61 Å². The fourth-order valence-corrected chi connectivity index (χ4v) is 3.68. The molecule has 0 radical (unpaired) electrons. The Labute approximate surface area is 246 Å². The van der Waals surface area contributed by atoms with E-state index >= 15 is 0 Å². The molecule has 0 aliphatic carbocycles. The van der Waals surface area contributed by atoms with Crippen molar-refractivity contribution >= 4 is 0 Å². The summed E-state index contributed by atoms with van der Waals surface area (Å²) in [5.74, 6) is -1.22. The molecule has 0 fully saturated rings. The summed E-state index contributed by atoms with van der Waals surface area (Å²) in [5, 5.41) is 0. The van der Waals surface area contributed by atoms with Crippen LogP contribution in [0, 0.1) is 64.4 Å². The van der Waals surface area contributed by atoms with Gasteiger partial charge < -0.3 is 9.47 Å². The zero-order valence-corrected chi connectivity index (χ0v) is 22.6. The SMILES string of the molecule is CCCCOc1cc(F)c(C#Cc2ccc(C#Cc3ccc(C(F)(F)Oc4cc(F)c(F)c(F)c4)c(F)c3)c(F)c2)c(F)c1. The maximum absolute atomic E-state index is 14.6. The van der Waals surface area contributed by atoms with Crippen molar-refractivity contribution in [3.63, 3.8) is 0 Å². The number of ether oxygens (including phenoxy) is 2. The standard InChI is InChI=1S/C33H19F9O2/c1-2-3-12-43-22-15-27(35)24(28(36)16-22)10-6-19-4-8-21(26(34)13-19)9-5-20-7-11-25(29(37)14-20)33(41,42)44-23-17-30(38)32(40)31(39)18-23/h4,7-8,11,13-18H,2-3,12H2,1H3. The Morgan fingerprint density at radius 3 is 1.77 bits per heavy atom. The van der Waals surface area contributed by atoms with Gasteiger partial charge in [-0.3, -0.25) is 0 Å². The Morgan fingerprint density at radius 1 is 0.614 bits per heavy atom. The van der Waals surface area contributed by atoms with Gasteiger partial charge in [-0.05, 0) is 42.8 Å². The van der Waals surface area contributed by atoms with Crippen LogP contribution < -0.4 is 9.47 Å². The number of unbranched alkanes of at least 4 members (excludes halogenated alkanes) is 1. The van der Waals surface area contributed by atoms with Gasteiger partial charge in [0, 0.05) is 35.4 Å². The summed E-state index contributed by atoms with van der Waals surface area (Å²) in [5.41, 5.74) is -2.10. The quantitative estimate of drug-likeness (QED) is 0.0893. The number of halogens is 9. The lowest BCUT2D eigenvalue weighted by molar-refractivity contribution is -0.187. The third-order valence-electron chi connectivity index (χ3n) is 5.91. The van der Waals surface area contributed by atoms with Crippen LogP contribution in [0.4, 0.5) is 39.5 Å². The molecule has 0 heterocycles. The topological polar surface area (TPSA) is 18.5 Å². The molecule has 4 aromatic carbocycles. The molecule has 0 aliphatic rings. The van der Waals surface area contributed by atoms with Gasteiger partial charge in [-0.1, -0.05) is 37.0 Å². The minimum Gasteiger partial charge on any atom is -0.493 e. The number of rotatable bonds is 7. The van der Waals surface area contributed by atoms with Gasteiger partial charge >= 0.3 is 6.11 Å². The fraction of sp³-hybridized carbons (Fsp3) is 0.152. The van der Waals surface area contributed by atoms with Crippen molar-refractivity contribution < 1.29 is 49.0 Å². The normalized spacial score (nSPS) is 10.9. The van der Waals surface area contributed by atoms with E-state index in [-0.39, 0.29) is 34.6 Å². The van der Waals surface area contributed by atoms with Crippen molar-refractivity contribution in [2.45, 2.75) is 25.9 Å². The van der Waals surface area contributed by atoms with Crippen LogP contribution in [0.15, 0.2) is 60.7 Å². The molecule has 4 rings (SSSR count). The van der Waals surface area contributed by atoms with Gasteiger partial charge in [-0.25, -0.2) is 30.7 Å². The number of benzene rings is 4. The molecular formula is C33H19F9O2. The Hall–Kier alpha value is -5.03. The van der Waals surface area contributed by atoms with E-state index < -0.39 is 63.7 Å². The number of hydrogen-bond acceptors (Lipinski definition) is 2. The van der Waals surface area contributed by atoms with Gasteiger partial charge in [0.15, 0.2) is 17.5 Å². The van der Waals surface area contributed by atoms with Crippen LogP contribution in [0.3, 0.4) is 0 Å². The van der Waals surface area contributed by atoms with Gasteiger partial charge in [-0.15, -0.1) is 0 Å². The summed E-state index contributed by atoms with van der Waals surface area (Å²) in [7, 11) is 0. The highest BCUT2D eigenvalue weighted by atomic mass is 19.3. The zero-order valence-electron chi connectivity index (χ0n) is 22.6. The van der Waals surface area contributed by atoms with Crippen LogP contribution in [0.1, 0.15) is 47.6 Å². The van der Waals surface area contributed by atoms with Gasteiger partial charge in [0.2, 0.25) is 0 Å². The van der Waals surface area contributed by atoms with Crippen LogP contribution in [0.25, 0.3) is 0 Å². The lowest BCUT2D eigenvalue weighted by atomic mass is 10.1. The van der Waals surface area contributed by atoms with Crippen LogP contribution >= 0.6 is 0 Å². The summed E-state index contributed by atoms with van der Waals surface area (Å²) >= 11 is 0. The van der Waals surface area contributed by atoms with E-state index in [4.69, 9.17) is 4.74 Å². The second kappa shape index (κ2) is 13.5. The van der Waals surface area contributed by atoms with E-state index in [0.29, 0.717) is 25.2 Å². The molecule has 44 heavy (non-hydrogen) atoms. The lowest BCUT2D eigenvalue weighted by Gasteiger charge is -2.19. The van der Waals surface area contributed by atoms with Gasteiger partial charge in [0.1, 0.15) is 40.3 Å². The van der Waals surface area contributed by atoms with E-state index in [0.717, 1.165) is 30.7 Å². The summed E-state index contributed by atoms with van der Waals surface area (Å²) in [4.78, 5) is 0. The zero-order chi connectivity index (χ0) is 32.0. The van der Waals surface area contributed by atoms with Gasteiger partial charge in [0.25, 0.3) is 0 Å². The largest absolute Gasteiger partial charge is 0.493 e. The predicted molar refractivity (Wildman–Crippen MR) is 142 cm³/mol. The maximum atomic E-state index is 14.6. The molecule has 0 bridgehead atoms. The van der Waals surface area contributed by atoms with Crippen LogP contribution in [0.5, 0.6) is 11.5 Å². The minimum absolute atomic E-state index is 0.0166. The third kappa shape index (κ3) is 7.67. The maximum Gasteiger partial charge on any atom is 0.429 e. The van der Waals surface area contributed by atoms with Crippen molar-refractivity contribution in [2.75, 3.05) is 6.61 Å². The lowest BCUT2D eigenvalue weighted by Crippen LogP contribution is -2.23. The molecule has 0 spiro atoms. The first kappa shape index (κ1) is 31.9. The fourth-order valence-electron chi connectivity index (χ4n) is 3.68. The summed E-state index contributed by atoms with van der Waals surface area (Å²) in [6.45, 7) is 2.23. The third-order valence-corrected chi connectivity index (χ3v) is 5.91. The molecule has 2 nitrogen and oxygen atoms in total. The van der Waals surface area contributed by atoms with Crippen LogP contribution in [0.2, 0.25) is 0 Å². The van der Waals surface area contributed by atoms with Gasteiger partial charge in [-0.2, -0.15) is 8.78 Å². The summed E-state index contributed by atoms with van der Waals surface area (Å²) in [6.07, 6.45) is -2.86. The molecule has 0 amide bonds. The number of alkyl halides is 2. The first-order valence-corrected chi connectivity index (χ1v) is 12.8. The second-order valence-electron chi connectivity index (χ2n) is 9.17.